The lowest BCUT2D eigenvalue weighted by Gasteiger charge is -2.29. The second kappa shape index (κ2) is 5.13. The van der Waals surface area contributed by atoms with Gasteiger partial charge in [-0.2, -0.15) is 5.26 Å². The van der Waals surface area contributed by atoms with E-state index < -0.39 is 5.60 Å². The van der Waals surface area contributed by atoms with Gasteiger partial charge in [0, 0.05) is 0 Å². The van der Waals surface area contributed by atoms with Gasteiger partial charge in [0.05, 0.1) is 11.2 Å². The lowest BCUT2D eigenvalue weighted by molar-refractivity contribution is 0.109. The Bertz CT molecular complexity index is 470. The molecule has 3 nitrogen and oxygen atoms in total. The third-order valence-corrected chi connectivity index (χ3v) is 3.65. The average Bonchev–Trinajstić information content (AvgIpc) is 2.25. The van der Waals surface area contributed by atoms with Crippen LogP contribution in [0.25, 0.3) is 0 Å². The number of aromatic hydroxyl groups is 1. The summed E-state index contributed by atoms with van der Waals surface area (Å²) in [6.45, 7) is 10.3. The van der Waals surface area contributed by atoms with Crippen LogP contribution in [0.2, 0.25) is 5.04 Å². The van der Waals surface area contributed by atoms with Gasteiger partial charge in [0.15, 0.2) is 0 Å². The van der Waals surface area contributed by atoms with E-state index in [0.717, 1.165) is 5.56 Å². The van der Waals surface area contributed by atoms with Crippen molar-refractivity contribution in [1.82, 2.24) is 0 Å². The molecular formula is C14H19NO2Si. The highest BCUT2D eigenvalue weighted by Gasteiger charge is 2.26. The van der Waals surface area contributed by atoms with Crippen LogP contribution in [-0.4, -0.2) is 14.9 Å². The van der Waals surface area contributed by atoms with Crippen LogP contribution in [0, 0.1) is 11.3 Å². The molecule has 0 spiro atoms. The molecule has 0 unspecified atom stereocenters. The van der Waals surface area contributed by atoms with Crippen molar-refractivity contribution in [3.05, 3.63) is 29.3 Å². The van der Waals surface area contributed by atoms with Gasteiger partial charge in [-0.1, -0.05) is 26.8 Å². The quantitative estimate of drug-likeness (QED) is 0.849. The maximum Gasteiger partial charge on any atom is 0.236 e. The van der Waals surface area contributed by atoms with E-state index in [1.54, 1.807) is 12.1 Å². The van der Waals surface area contributed by atoms with Gasteiger partial charge in [0.2, 0.25) is 9.76 Å². The van der Waals surface area contributed by atoms with Gasteiger partial charge in [-0.25, -0.2) is 0 Å². The third-order valence-electron chi connectivity index (χ3n) is 2.43. The molecule has 1 N–H and O–H groups in total. The molecule has 1 aromatic carbocycles. The van der Waals surface area contributed by atoms with E-state index in [2.05, 4.69) is 20.8 Å². The Labute approximate surface area is 111 Å². The lowest BCUT2D eigenvalue weighted by atomic mass is 9.97. The van der Waals surface area contributed by atoms with E-state index in [1.807, 2.05) is 26.0 Å². The van der Waals surface area contributed by atoms with E-state index in [1.165, 1.54) is 0 Å². The van der Waals surface area contributed by atoms with Crippen LogP contribution in [-0.2, 0) is 10.0 Å². The normalized spacial score (nSPS) is 12.2. The molecule has 0 aliphatic carbocycles. The van der Waals surface area contributed by atoms with Crippen LogP contribution in [0.15, 0.2) is 18.2 Å². The van der Waals surface area contributed by atoms with Gasteiger partial charge in [-0.15, -0.1) is 0 Å². The summed E-state index contributed by atoms with van der Waals surface area (Å²) in [5.74, 6) is 0.00534. The first-order valence-electron chi connectivity index (χ1n) is 5.84. The zero-order valence-electron chi connectivity index (χ0n) is 11.5. The molecule has 0 aromatic heterocycles. The fourth-order valence-corrected chi connectivity index (χ4v) is 2.02. The molecule has 0 saturated carbocycles. The molecule has 1 aromatic rings. The van der Waals surface area contributed by atoms with E-state index in [9.17, 15) is 5.11 Å². The average molecular weight is 261 g/mol. The molecule has 0 aliphatic heterocycles. The summed E-state index contributed by atoms with van der Waals surface area (Å²) in [7, 11) is 0.366. The first kappa shape index (κ1) is 14.7. The summed E-state index contributed by atoms with van der Waals surface area (Å²) < 4.78 is 5.94. The second-order valence-electron chi connectivity index (χ2n) is 5.81. The largest absolute Gasteiger partial charge is 0.507 e. The highest BCUT2D eigenvalue weighted by atomic mass is 28.2. The predicted octanol–water partition coefficient (Wildman–Crippen LogP) is 3.35. The Morgan fingerprint density at radius 2 is 1.83 bits per heavy atom. The van der Waals surface area contributed by atoms with Gasteiger partial charge in [-0.3, -0.25) is 0 Å². The van der Waals surface area contributed by atoms with Crippen LogP contribution in [0.3, 0.4) is 0 Å². The summed E-state index contributed by atoms with van der Waals surface area (Å²) in [6.07, 6.45) is 0. The standard InChI is InChI=1S/C14H19NO2Si/c1-13(2,3)18-17-14(4,5)11-7-6-10(9-15)12(16)8-11/h6-8,16H,1-5H3. The summed E-state index contributed by atoms with van der Waals surface area (Å²) in [6, 6.07) is 6.99. The molecule has 0 amide bonds. The Hall–Kier alpha value is -1.31. The first-order valence-corrected chi connectivity index (χ1v) is 6.75. The summed E-state index contributed by atoms with van der Waals surface area (Å²) in [5.41, 5.74) is 0.681. The monoisotopic (exact) mass is 261 g/mol. The molecule has 0 heterocycles. The van der Waals surface area contributed by atoms with Crippen LogP contribution >= 0.6 is 0 Å². The third kappa shape index (κ3) is 3.86. The van der Waals surface area contributed by atoms with Gasteiger partial charge in [0.1, 0.15) is 11.8 Å². The van der Waals surface area contributed by atoms with Crippen LogP contribution < -0.4 is 0 Å². The van der Waals surface area contributed by atoms with E-state index in [-0.39, 0.29) is 16.4 Å². The van der Waals surface area contributed by atoms with Crippen LogP contribution in [0.4, 0.5) is 0 Å². The molecule has 0 saturated heterocycles. The number of benzene rings is 1. The molecule has 1 rings (SSSR count). The van der Waals surface area contributed by atoms with Crippen molar-refractivity contribution in [2.45, 2.75) is 45.3 Å². The molecular weight excluding hydrogens is 242 g/mol. The fraction of sp³-hybridized carbons (Fsp3) is 0.500. The molecule has 4 heteroatoms. The van der Waals surface area contributed by atoms with E-state index >= 15 is 0 Å². The van der Waals surface area contributed by atoms with Gasteiger partial charge in [-0.05, 0) is 36.6 Å². The number of phenolic OH excluding ortho intramolecular Hbond substituents is 1. The van der Waals surface area contributed by atoms with Crippen molar-refractivity contribution in [3.8, 4) is 11.8 Å². The molecule has 0 fully saturated rings. The van der Waals surface area contributed by atoms with Crippen LogP contribution in [0.1, 0.15) is 45.7 Å². The van der Waals surface area contributed by atoms with Crippen LogP contribution in [0.5, 0.6) is 5.75 Å². The topological polar surface area (TPSA) is 53.2 Å². The number of hydrogen-bond donors (Lipinski definition) is 1. The molecule has 0 aliphatic rings. The number of nitrogens with zero attached hydrogens (tertiary/aromatic N) is 1. The smallest absolute Gasteiger partial charge is 0.236 e. The minimum absolute atomic E-state index is 0.00534. The highest BCUT2D eigenvalue weighted by molar-refractivity contribution is 6.31. The molecule has 18 heavy (non-hydrogen) atoms. The maximum atomic E-state index is 9.71. The zero-order chi connectivity index (χ0) is 14.0. The minimum atomic E-state index is -0.475. The molecule has 0 atom stereocenters. The van der Waals surface area contributed by atoms with Crippen molar-refractivity contribution in [1.29, 1.82) is 5.26 Å². The van der Waals surface area contributed by atoms with Crippen molar-refractivity contribution in [2.75, 3.05) is 0 Å². The van der Waals surface area contributed by atoms with Crippen molar-refractivity contribution >= 4 is 9.76 Å². The Balaban J connectivity index is 2.92. The molecule has 2 radical (unpaired) electrons. The highest BCUT2D eigenvalue weighted by Crippen LogP contribution is 2.31. The number of rotatable bonds is 3. The summed E-state index contributed by atoms with van der Waals surface area (Å²) >= 11 is 0. The molecule has 0 bridgehead atoms. The Morgan fingerprint density at radius 3 is 2.28 bits per heavy atom. The van der Waals surface area contributed by atoms with Gasteiger partial charge >= 0.3 is 0 Å². The Kier molecular flexibility index (Phi) is 4.20. The second-order valence-corrected chi connectivity index (χ2v) is 7.72. The fourth-order valence-electron chi connectivity index (χ4n) is 1.34. The summed E-state index contributed by atoms with van der Waals surface area (Å²) in [5, 5.41) is 18.6. The zero-order valence-corrected chi connectivity index (χ0v) is 12.5. The van der Waals surface area contributed by atoms with Gasteiger partial charge in [0.25, 0.3) is 0 Å². The number of nitriles is 1. The minimum Gasteiger partial charge on any atom is -0.507 e. The molecule has 96 valence electrons. The van der Waals surface area contributed by atoms with Crippen molar-refractivity contribution in [2.24, 2.45) is 0 Å². The first-order chi connectivity index (χ1) is 8.15. The van der Waals surface area contributed by atoms with Gasteiger partial charge < -0.3 is 9.53 Å². The Morgan fingerprint density at radius 1 is 1.22 bits per heavy atom. The SMILES string of the molecule is CC(C)(C)[Si]OC(C)(C)c1ccc(C#N)c(O)c1. The number of hydrogen-bond acceptors (Lipinski definition) is 3. The van der Waals surface area contributed by atoms with E-state index in [0.29, 0.717) is 9.76 Å². The number of phenols is 1. The lowest BCUT2D eigenvalue weighted by Crippen LogP contribution is -2.27. The van der Waals surface area contributed by atoms with Crippen molar-refractivity contribution in [3.63, 3.8) is 0 Å². The summed E-state index contributed by atoms with van der Waals surface area (Å²) in [4.78, 5) is 0. The predicted molar refractivity (Wildman–Crippen MR) is 72.4 cm³/mol. The maximum absolute atomic E-state index is 9.71. The van der Waals surface area contributed by atoms with Crippen molar-refractivity contribution < 1.29 is 9.53 Å². The van der Waals surface area contributed by atoms with E-state index in [4.69, 9.17) is 9.69 Å².